The van der Waals surface area contributed by atoms with Crippen LogP contribution in [0.15, 0.2) is 60.7 Å². The van der Waals surface area contributed by atoms with Crippen molar-refractivity contribution < 1.29 is 18.7 Å². The number of hydrogen-bond acceptors (Lipinski definition) is 6. The average molecular weight is 480 g/mol. The number of nitrogens with one attached hydrogen (secondary N) is 2. The molecule has 10 heteroatoms. The number of carbonyl (C=O) groups excluding carboxylic acids is 1. The van der Waals surface area contributed by atoms with Crippen molar-refractivity contribution in [3.05, 3.63) is 72.0 Å². The summed E-state index contributed by atoms with van der Waals surface area (Å²) in [5, 5.41) is 14.6. The van der Waals surface area contributed by atoms with Gasteiger partial charge in [0.2, 0.25) is 0 Å². The van der Waals surface area contributed by atoms with Crippen molar-refractivity contribution in [2.45, 2.75) is 13.8 Å². The summed E-state index contributed by atoms with van der Waals surface area (Å²) in [7, 11) is 0. The van der Waals surface area contributed by atoms with Gasteiger partial charge >= 0.3 is 0 Å². The van der Waals surface area contributed by atoms with E-state index in [4.69, 9.17) is 21.7 Å². The van der Waals surface area contributed by atoms with Crippen molar-refractivity contribution in [3.63, 3.8) is 0 Å². The quantitative estimate of drug-likeness (QED) is 0.378. The molecule has 0 aliphatic heterocycles. The Morgan fingerprint density at radius 3 is 2.24 bits per heavy atom. The fourth-order valence-electron chi connectivity index (χ4n) is 3.22. The number of fused-ring (bicyclic) bond motifs is 1. The van der Waals surface area contributed by atoms with Crippen LogP contribution in [0, 0.1) is 5.82 Å². The lowest BCUT2D eigenvalue weighted by atomic mass is 10.2. The first-order chi connectivity index (χ1) is 16.4. The average Bonchev–Trinajstić information content (AvgIpc) is 3.23. The molecule has 4 aromatic rings. The van der Waals surface area contributed by atoms with Gasteiger partial charge in [0.15, 0.2) is 5.11 Å². The number of carbonyl (C=O) groups is 1. The normalized spacial score (nSPS) is 10.7. The van der Waals surface area contributed by atoms with E-state index in [1.54, 1.807) is 48.5 Å². The van der Waals surface area contributed by atoms with E-state index < -0.39 is 5.91 Å². The molecule has 34 heavy (non-hydrogen) atoms. The predicted octanol–water partition coefficient (Wildman–Crippen LogP) is 4.48. The van der Waals surface area contributed by atoms with Crippen molar-refractivity contribution in [1.29, 1.82) is 0 Å². The van der Waals surface area contributed by atoms with E-state index in [9.17, 15) is 9.18 Å². The van der Waals surface area contributed by atoms with E-state index in [2.05, 4.69) is 20.8 Å². The number of anilines is 1. The minimum Gasteiger partial charge on any atom is -0.494 e. The van der Waals surface area contributed by atoms with Crippen LogP contribution in [0.25, 0.3) is 16.7 Å². The highest BCUT2D eigenvalue weighted by atomic mass is 32.1. The topological polar surface area (TPSA) is 90.3 Å². The van der Waals surface area contributed by atoms with Gasteiger partial charge in [-0.2, -0.15) is 4.80 Å². The van der Waals surface area contributed by atoms with Crippen LogP contribution < -0.4 is 20.1 Å². The number of rotatable bonds is 7. The second kappa shape index (κ2) is 10.3. The third-order valence-electron chi connectivity index (χ3n) is 4.69. The Kier molecular flexibility index (Phi) is 6.98. The van der Waals surface area contributed by atoms with Gasteiger partial charge in [-0.25, -0.2) is 4.39 Å². The molecule has 0 bridgehead atoms. The van der Waals surface area contributed by atoms with E-state index in [0.29, 0.717) is 52.7 Å². The minimum absolute atomic E-state index is 0.120. The van der Waals surface area contributed by atoms with Crippen LogP contribution in [-0.2, 0) is 0 Å². The smallest absolute Gasteiger partial charge is 0.257 e. The van der Waals surface area contributed by atoms with Gasteiger partial charge in [-0.1, -0.05) is 0 Å². The summed E-state index contributed by atoms with van der Waals surface area (Å²) < 4.78 is 24.2. The van der Waals surface area contributed by atoms with Crippen LogP contribution in [0.1, 0.15) is 24.2 Å². The highest BCUT2D eigenvalue weighted by Crippen LogP contribution is 2.23. The third kappa shape index (κ3) is 5.46. The molecule has 0 spiro atoms. The highest BCUT2D eigenvalue weighted by Gasteiger charge is 2.13. The summed E-state index contributed by atoms with van der Waals surface area (Å²) in [5.41, 5.74) is 2.88. The molecule has 1 heterocycles. The molecule has 0 aliphatic rings. The van der Waals surface area contributed by atoms with Gasteiger partial charge < -0.3 is 14.8 Å². The van der Waals surface area contributed by atoms with Crippen LogP contribution in [0.2, 0.25) is 0 Å². The van der Waals surface area contributed by atoms with E-state index in [0.717, 1.165) is 0 Å². The van der Waals surface area contributed by atoms with Crippen molar-refractivity contribution in [2.75, 3.05) is 18.5 Å². The van der Waals surface area contributed by atoms with Gasteiger partial charge in [0.1, 0.15) is 28.3 Å². The molecule has 0 saturated heterocycles. The standard InChI is InChI=1S/C24H22FN5O3S/c1-3-32-19-11-15(12-20(14-19)33-4-2)23(31)27-24(34)26-17-7-10-21-22(13-17)29-30(28-21)18-8-5-16(25)6-9-18/h5-14H,3-4H2,1-2H3,(H2,26,27,31,34). The monoisotopic (exact) mass is 479 g/mol. The molecular weight excluding hydrogens is 457 g/mol. The second-order valence-electron chi connectivity index (χ2n) is 7.14. The Labute approximate surface area is 200 Å². The molecular formula is C24H22FN5O3S. The molecule has 0 unspecified atom stereocenters. The molecule has 3 aromatic carbocycles. The molecule has 0 radical (unpaired) electrons. The van der Waals surface area contributed by atoms with E-state index >= 15 is 0 Å². The summed E-state index contributed by atoms with van der Waals surface area (Å²) >= 11 is 5.31. The molecule has 0 atom stereocenters. The van der Waals surface area contributed by atoms with Crippen molar-refractivity contribution in [2.24, 2.45) is 0 Å². The van der Waals surface area contributed by atoms with Crippen LogP contribution in [0.3, 0.4) is 0 Å². The Morgan fingerprint density at radius 1 is 0.941 bits per heavy atom. The third-order valence-corrected chi connectivity index (χ3v) is 4.89. The van der Waals surface area contributed by atoms with E-state index in [1.165, 1.54) is 16.9 Å². The van der Waals surface area contributed by atoms with Gasteiger partial charge in [0, 0.05) is 17.3 Å². The SMILES string of the molecule is CCOc1cc(OCC)cc(C(=O)NC(=S)Nc2ccc3nn(-c4ccc(F)cc4)nc3c2)c1. The van der Waals surface area contributed by atoms with Crippen LogP contribution >= 0.6 is 12.2 Å². The van der Waals surface area contributed by atoms with E-state index in [1.807, 2.05) is 13.8 Å². The first-order valence-electron chi connectivity index (χ1n) is 10.6. The van der Waals surface area contributed by atoms with E-state index in [-0.39, 0.29) is 10.9 Å². The highest BCUT2D eigenvalue weighted by molar-refractivity contribution is 7.80. The van der Waals surface area contributed by atoms with Crippen LogP contribution in [-0.4, -0.2) is 39.2 Å². The maximum atomic E-state index is 13.2. The Morgan fingerprint density at radius 2 is 1.59 bits per heavy atom. The fraction of sp³-hybridized carbons (Fsp3) is 0.167. The second-order valence-corrected chi connectivity index (χ2v) is 7.54. The number of halogens is 1. The number of nitrogens with zero attached hydrogens (tertiary/aromatic N) is 3. The number of thiocarbonyl (C=S) groups is 1. The number of aromatic nitrogens is 3. The lowest BCUT2D eigenvalue weighted by Crippen LogP contribution is -2.34. The van der Waals surface area contributed by atoms with Gasteiger partial charge in [0.05, 0.1) is 18.9 Å². The molecule has 1 amide bonds. The van der Waals surface area contributed by atoms with Gasteiger partial charge in [-0.05, 0) is 80.7 Å². The molecule has 4 rings (SSSR count). The summed E-state index contributed by atoms with van der Waals surface area (Å²) in [4.78, 5) is 14.2. The van der Waals surface area contributed by atoms with Crippen molar-refractivity contribution >= 4 is 40.0 Å². The lowest BCUT2D eigenvalue weighted by Gasteiger charge is -2.12. The molecule has 0 saturated carbocycles. The number of hydrogen-bond donors (Lipinski definition) is 2. The maximum absolute atomic E-state index is 13.2. The molecule has 8 nitrogen and oxygen atoms in total. The molecule has 2 N–H and O–H groups in total. The summed E-state index contributed by atoms with van der Waals surface area (Å²) in [5.74, 6) is 0.337. The molecule has 174 valence electrons. The zero-order valence-electron chi connectivity index (χ0n) is 18.5. The summed E-state index contributed by atoms with van der Waals surface area (Å²) in [6.45, 7) is 4.65. The Balaban J connectivity index is 1.46. The fourth-order valence-corrected chi connectivity index (χ4v) is 3.43. The molecule has 0 fully saturated rings. The van der Waals surface area contributed by atoms with Crippen LogP contribution in [0.4, 0.5) is 10.1 Å². The van der Waals surface area contributed by atoms with Crippen molar-refractivity contribution in [1.82, 2.24) is 20.3 Å². The van der Waals surface area contributed by atoms with Gasteiger partial charge in [-0.15, -0.1) is 10.2 Å². The zero-order chi connectivity index (χ0) is 24.1. The zero-order valence-corrected chi connectivity index (χ0v) is 19.4. The maximum Gasteiger partial charge on any atom is 0.257 e. The number of benzene rings is 3. The largest absolute Gasteiger partial charge is 0.494 e. The molecule has 0 aliphatic carbocycles. The summed E-state index contributed by atoms with van der Waals surface area (Å²) in [6.07, 6.45) is 0. The molecule has 1 aromatic heterocycles. The van der Waals surface area contributed by atoms with Crippen LogP contribution in [0.5, 0.6) is 11.5 Å². The summed E-state index contributed by atoms with van der Waals surface area (Å²) in [6, 6.07) is 16.2. The first-order valence-corrected chi connectivity index (χ1v) is 11.0. The van der Waals surface area contributed by atoms with Gasteiger partial charge in [0.25, 0.3) is 5.91 Å². The Hall–Kier alpha value is -4.05. The van der Waals surface area contributed by atoms with Gasteiger partial charge in [-0.3, -0.25) is 10.1 Å². The number of amides is 1. The van der Waals surface area contributed by atoms with Crippen molar-refractivity contribution in [3.8, 4) is 17.2 Å². The first kappa shape index (κ1) is 23.1. The Bertz CT molecular complexity index is 1320. The predicted molar refractivity (Wildman–Crippen MR) is 131 cm³/mol. The number of ether oxygens (including phenoxy) is 2. The lowest BCUT2D eigenvalue weighted by molar-refractivity contribution is 0.0976. The minimum atomic E-state index is -0.400.